The molecule has 0 saturated carbocycles. The minimum absolute atomic E-state index is 0.412. The van der Waals surface area contributed by atoms with E-state index in [0.717, 1.165) is 41.0 Å². The molecule has 0 unspecified atom stereocenters. The van der Waals surface area contributed by atoms with E-state index in [1.807, 2.05) is 42.5 Å². The maximum atomic E-state index is 11.2. The van der Waals surface area contributed by atoms with Crippen LogP contribution in [0.2, 0.25) is 0 Å². The Morgan fingerprint density at radius 1 is 1.07 bits per heavy atom. The number of rotatable bonds is 11. The summed E-state index contributed by atoms with van der Waals surface area (Å²) in [6, 6.07) is 18.1. The predicted octanol–water partition coefficient (Wildman–Crippen LogP) is 3.23. The van der Waals surface area contributed by atoms with Gasteiger partial charge in [0.15, 0.2) is 11.0 Å². The lowest BCUT2D eigenvalue weighted by Crippen LogP contribution is -2.23. The molecule has 1 aromatic heterocycles. The molecule has 0 saturated heterocycles. The van der Waals surface area contributed by atoms with Crippen LogP contribution in [0, 0.1) is 0 Å². The van der Waals surface area contributed by atoms with Gasteiger partial charge in [0.05, 0.1) is 13.4 Å². The van der Waals surface area contributed by atoms with Crippen molar-refractivity contribution < 1.29 is 13.2 Å². The van der Waals surface area contributed by atoms with E-state index < -0.39 is 10.0 Å². The fraction of sp³-hybridized carbons (Fsp3) is 0.333. The highest BCUT2D eigenvalue weighted by Crippen LogP contribution is 2.26. The van der Waals surface area contributed by atoms with Crippen molar-refractivity contribution in [2.24, 2.45) is 0 Å². The van der Waals surface area contributed by atoms with Crippen molar-refractivity contribution in [2.45, 2.75) is 24.5 Å². The van der Waals surface area contributed by atoms with Gasteiger partial charge >= 0.3 is 0 Å². The molecule has 160 valence electrons. The van der Waals surface area contributed by atoms with Crippen LogP contribution in [-0.2, 0) is 23.0 Å². The van der Waals surface area contributed by atoms with E-state index in [0.29, 0.717) is 13.0 Å². The zero-order valence-electron chi connectivity index (χ0n) is 17.1. The van der Waals surface area contributed by atoms with Gasteiger partial charge in [-0.3, -0.25) is 0 Å². The van der Waals surface area contributed by atoms with Crippen molar-refractivity contribution in [3.8, 4) is 17.1 Å². The van der Waals surface area contributed by atoms with Crippen molar-refractivity contribution in [1.82, 2.24) is 19.5 Å². The number of methoxy groups -OCH3 is 1. The molecule has 0 bridgehead atoms. The van der Waals surface area contributed by atoms with Gasteiger partial charge in [0.25, 0.3) is 0 Å². The van der Waals surface area contributed by atoms with Gasteiger partial charge in [-0.15, -0.1) is 10.2 Å². The summed E-state index contributed by atoms with van der Waals surface area (Å²) < 4.78 is 32.3. The second-order valence-corrected chi connectivity index (χ2v) is 9.69. The first-order chi connectivity index (χ1) is 14.5. The quantitative estimate of drug-likeness (QED) is 0.360. The Labute approximate surface area is 181 Å². The van der Waals surface area contributed by atoms with Crippen LogP contribution in [0.25, 0.3) is 11.4 Å². The van der Waals surface area contributed by atoms with E-state index in [9.17, 15) is 8.42 Å². The Hall–Kier alpha value is -2.36. The molecule has 3 rings (SSSR count). The lowest BCUT2D eigenvalue weighted by atomic mass is 10.1. The van der Waals surface area contributed by atoms with Crippen molar-refractivity contribution in [3.63, 3.8) is 0 Å². The van der Waals surface area contributed by atoms with E-state index in [-0.39, 0.29) is 0 Å². The highest BCUT2D eigenvalue weighted by atomic mass is 32.2. The van der Waals surface area contributed by atoms with E-state index in [2.05, 4.69) is 31.6 Å². The van der Waals surface area contributed by atoms with Crippen molar-refractivity contribution in [1.29, 1.82) is 0 Å². The zero-order chi connectivity index (χ0) is 21.4. The van der Waals surface area contributed by atoms with Crippen LogP contribution in [0.4, 0.5) is 0 Å². The van der Waals surface area contributed by atoms with Gasteiger partial charge in [0, 0.05) is 24.4 Å². The van der Waals surface area contributed by atoms with Crippen LogP contribution in [0.15, 0.2) is 59.8 Å². The normalized spacial score (nSPS) is 11.5. The topological polar surface area (TPSA) is 86.1 Å². The number of hydrogen-bond donors (Lipinski definition) is 1. The highest BCUT2D eigenvalue weighted by molar-refractivity contribution is 7.99. The van der Waals surface area contributed by atoms with Gasteiger partial charge in [-0.1, -0.05) is 42.1 Å². The third kappa shape index (κ3) is 6.58. The number of sulfonamides is 1. The molecule has 0 aliphatic heterocycles. The van der Waals surface area contributed by atoms with Gasteiger partial charge in [-0.25, -0.2) is 13.1 Å². The summed E-state index contributed by atoms with van der Waals surface area (Å²) in [5, 5.41) is 9.66. The van der Waals surface area contributed by atoms with E-state index >= 15 is 0 Å². The van der Waals surface area contributed by atoms with E-state index in [4.69, 9.17) is 4.74 Å². The van der Waals surface area contributed by atoms with Crippen LogP contribution in [0.3, 0.4) is 0 Å². The van der Waals surface area contributed by atoms with Gasteiger partial charge in [0.2, 0.25) is 10.0 Å². The number of ether oxygens (including phenoxy) is 1. The summed E-state index contributed by atoms with van der Waals surface area (Å²) >= 11 is 1.59. The fourth-order valence-corrected chi connectivity index (χ4v) is 4.35. The number of nitrogens with one attached hydrogen (secondary N) is 1. The molecule has 3 aromatic rings. The molecule has 0 spiro atoms. The average molecular weight is 447 g/mol. The molecule has 0 fully saturated rings. The van der Waals surface area contributed by atoms with Gasteiger partial charge in [-0.2, -0.15) is 0 Å². The molecular formula is C21H26N4O3S2. The van der Waals surface area contributed by atoms with E-state index in [1.54, 1.807) is 18.9 Å². The zero-order valence-corrected chi connectivity index (χ0v) is 18.7. The molecule has 7 nitrogen and oxygen atoms in total. The van der Waals surface area contributed by atoms with Crippen LogP contribution < -0.4 is 9.46 Å². The first-order valence-electron chi connectivity index (χ1n) is 9.65. The minimum Gasteiger partial charge on any atom is -0.497 e. The number of aryl methyl sites for hydroxylation is 1. The summed E-state index contributed by atoms with van der Waals surface area (Å²) in [4.78, 5) is 0. The molecular weight excluding hydrogens is 420 g/mol. The lowest BCUT2D eigenvalue weighted by Gasteiger charge is -2.11. The summed E-state index contributed by atoms with van der Waals surface area (Å²) in [5.41, 5.74) is 2.22. The summed E-state index contributed by atoms with van der Waals surface area (Å²) in [5.74, 6) is 2.35. The van der Waals surface area contributed by atoms with Crippen LogP contribution in [0.5, 0.6) is 5.75 Å². The van der Waals surface area contributed by atoms with Crippen LogP contribution in [-0.4, -0.2) is 48.8 Å². The number of aromatic nitrogens is 3. The maximum absolute atomic E-state index is 11.2. The molecule has 0 aliphatic carbocycles. The monoisotopic (exact) mass is 446 g/mol. The molecule has 0 radical (unpaired) electrons. The summed E-state index contributed by atoms with van der Waals surface area (Å²) in [7, 11) is -1.51. The third-order valence-electron chi connectivity index (χ3n) is 4.45. The van der Waals surface area contributed by atoms with Crippen LogP contribution in [0.1, 0.15) is 12.0 Å². The number of nitrogens with zero attached hydrogens (tertiary/aromatic N) is 3. The number of benzene rings is 2. The van der Waals surface area contributed by atoms with Crippen molar-refractivity contribution in [3.05, 3.63) is 60.2 Å². The predicted molar refractivity (Wildman–Crippen MR) is 120 cm³/mol. The second kappa shape index (κ2) is 10.6. The maximum Gasteiger partial charge on any atom is 0.208 e. The van der Waals surface area contributed by atoms with Gasteiger partial charge in [0.1, 0.15) is 5.75 Å². The lowest BCUT2D eigenvalue weighted by molar-refractivity contribution is 0.415. The van der Waals surface area contributed by atoms with Gasteiger partial charge in [-0.05, 0) is 42.7 Å². The molecule has 0 aliphatic rings. The molecule has 0 atom stereocenters. The Bertz CT molecular complexity index is 1040. The Balaban J connectivity index is 1.74. The number of thioether (sulfide) groups is 1. The molecule has 1 N–H and O–H groups in total. The number of hydrogen-bond acceptors (Lipinski definition) is 6. The van der Waals surface area contributed by atoms with Crippen molar-refractivity contribution >= 4 is 21.8 Å². The largest absolute Gasteiger partial charge is 0.497 e. The Morgan fingerprint density at radius 2 is 1.80 bits per heavy atom. The standard InChI is InChI=1S/C21H26N4O3S2/c1-28-19-11-9-18(10-12-19)20-23-24-21(29-16-6-14-22-30(2,26)27)25(20)15-13-17-7-4-3-5-8-17/h3-5,7-12,22H,6,13-16H2,1-2H3. The van der Waals surface area contributed by atoms with E-state index in [1.165, 1.54) is 11.8 Å². The SMILES string of the molecule is COc1ccc(-c2nnc(SCCCNS(C)(=O)=O)n2CCc2ccccc2)cc1. The molecule has 2 aromatic carbocycles. The first-order valence-corrected chi connectivity index (χ1v) is 12.5. The molecule has 0 amide bonds. The highest BCUT2D eigenvalue weighted by Gasteiger charge is 2.15. The second-order valence-electron chi connectivity index (χ2n) is 6.79. The molecule has 9 heteroatoms. The fourth-order valence-electron chi connectivity index (χ4n) is 2.93. The van der Waals surface area contributed by atoms with Crippen LogP contribution >= 0.6 is 11.8 Å². The first kappa shape index (κ1) is 22.3. The Kier molecular flexibility index (Phi) is 7.89. The molecule has 30 heavy (non-hydrogen) atoms. The third-order valence-corrected chi connectivity index (χ3v) is 6.23. The average Bonchev–Trinajstić information content (AvgIpc) is 3.14. The summed E-state index contributed by atoms with van der Waals surface area (Å²) in [6.07, 6.45) is 2.74. The summed E-state index contributed by atoms with van der Waals surface area (Å²) in [6.45, 7) is 1.16. The Morgan fingerprint density at radius 3 is 2.47 bits per heavy atom. The minimum atomic E-state index is -3.16. The smallest absolute Gasteiger partial charge is 0.208 e. The van der Waals surface area contributed by atoms with Crippen molar-refractivity contribution in [2.75, 3.05) is 25.7 Å². The van der Waals surface area contributed by atoms with Gasteiger partial charge < -0.3 is 9.30 Å². The molecule has 1 heterocycles.